The lowest BCUT2D eigenvalue weighted by Gasteiger charge is -2.31. The number of carboxylic acid groups (broad SMARTS) is 1. The topological polar surface area (TPSA) is 95.9 Å². The quantitative estimate of drug-likeness (QED) is 0.576. The number of hydrogen-bond acceptors (Lipinski definition) is 4. The summed E-state index contributed by atoms with van der Waals surface area (Å²) in [6.45, 7) is 6.45. The lowest BCUT2D eigenvalue weighted by atomic mass is 9.84. The standard InChI is InChI=1S/C28H34N2O5/c1-4-9-18(25(31)30-15-14-28(2,3)24(30)26(32)33)16-29-27(34)35-17-23-21-12-7-5-10-19(21)20-11-6-8-13-22(20)23/h5-8,10-13,18,23-24H,4,9,14-17H2,1-3H3,(H,29,34)(H,32,33). The van der Waals surface area contributed by atoms with Crippen molar-refractivity contribution in [3.63, 3.8) is 0 Å². The van der Waals surface area contributed by atoms with Crippen LogP contribution in [0.1, 0.15) is 57.1 Å². The Balaban J connectivity index is 1.38. The number of nitrogens with one attached hydrogen (secondary N) is 1. The van der Waals surface area contributed by atoms with Crippen LogP contribution in [-0.4, -0.2) is 53.7 Å². The number of carboxylic acids is 1. The number of carbonyl (C=O) groups excluding carboxylic acids is 2. The molecule has 2 atom stereocenters. The highest BCUT2D eigenvalue weighted by atomic mass is 16.5. The van der Waals surface area contributed by atoms with Gasteiger partial charge in [0.1, 0.15) is 12.6 Å². The molecule has 1 heterocycles. The van der Waals surface area contributed by atoms with E-state index in [0.29, 0.717) is 19.4 Å². The van der Waals surface area contributed by atoms with E-state index in [9.17, 15) is 19.5 Å². The van der Waals surface area contributed by atoms with Gasteiger partial charge < -0.3 is 20.1 Å². The molecule has 2 aliphatic rings. The maximum atomic E-state index is 13.3. The fourth-order valence-electron chi connectivity index (χ4n) is 5.55. The van der Waals surface area contributed by atoms with E-state index in [1.807, 2.05) is 45.0 Å². The first kappa shape index (κ1) is 24.8. The van der Waals surface area contributed by atoms with E-state index in [2.05, 4.69) is 29.6 Å². The molecule has 0 spiro atoms. The zero-order chi connectivity index (χ0) is 25.2. The number of ether oxygens (including phenoxy) is 1. The van der Waals surface area contributed by atoms with Crippen LogP contribution in [-0.2, 0) is 14.3 Å². The summed E-state index contributed by atoms with van der Waals surface area (Å²) in [7, 11) is 0. The molecule has 0 saturated carbocycles. The highest BCUT2D eigenvalue weighted by Gasteiger charge is 2.48. The van der Waals surface area contributed by atoms with Crippen LogP contribution in [0.15, 0.2) is 48.5 Å². The number of amides is 2. The zero-order valence-electron chi connectivity index (χ0n) is 20.6. The van der Waals surface area contributed by atoms with Crippen molar-refractivity contribution >= 4 is 18.0 Å². The van der Waals surface area contributed by atoms with Crippen molar-refractivity contribution in [3.8, 4) is 11.1 Å². The van der Waals surface area contributed by atoms with Gasteiger partial charge in [-0.05, 0) is 40.5 Å². The van der Waals surface area contributed by atoms with E-state index in [0.717, 1.165) is 28.7 Å². The Morgan fingerprint density at radius 2 is 1.69 bits per heavy atom. The van der Waals surface area contributed by atoms with E-state index in [1.165, 1.54) is 4.90 Å². The summed E-state index contributed by atoms with van der Waals surface area (Å²) >= 11 is 0. The molecule has 2 aromatic carbocycles. The molecule has 1 aliphatic carbocycles. The Kier molecular flexibility index (Phi) is 7.15. The molecule has 0 aromatic heterocycles. The van der Waals surface area contributed by atoms with Crippen molar-refractivity contribution in [2.75, 3.05) is 19.7 Å². The number of benzene rings is 2. The number of fused-ring (bicyclic) bond motifs is 3. The molecule has 186 valence electrons. The molecule has 2 amide bonds. The van der Waals surface area contributed by atoms with Crippen LogP contribution in [0.25, 0.3) is 11.1 Å². The largest absolute Gasteiger partial charge is 0.480 e. The maximum Gasteiger partial charge on any atom is 0.407 e. The third kappa shape index (κ3) is 4.90. The fraction of sp³-hybridized carbons (Fsp3) is 0.464. The monoisotopic (exact) mass is 478 g/mol. The summed E-state index contributed by atoms with van der Waals surface area (Å²) in [6.07, 6.45) is 1.37. The molecule has 0 bridgehead atoms. The number of hydrogen-bond donors (Lipinski definition) is 2. The number of aliphatic carboxylic acids is 1. The summed E-state index contributed by atoms with van der Waals surface area (Å²) < 4.78 is 5.60. The minimum atomic E-state index is -0.986. The van der Waals surface area contributed by atoms with Crippen LogP contribution in [0.5, 0.6) is 0 Å². The van der Waals surface area contributed by atoms with Crippen LogP contribution in [0.3, 0.4) is 0 Å². The predicted molar refractivity (Wildman–Crippen MR) is 133 cm³/mol. The molecule has 2 unspecified atom stereocenters. The van der Waals surface area contributed by atoms with Crippen LogP contribution >= 0.6 is 0 Å². The molecule has 4 rings (SSSR count). The van der Waals surface area contributed by atoms with Gasteiger partial charge in [0.05, 0.1) is 5.92 Å². The van der Waals surface area contributed by atoms with Gasteiger partial charge in [-0.1, -0.05) is 75.7 Å². The van der Waals surface area contributed by atoms with Gasteiger partial charge >= 0.3 is 12.1 Å². The van der Waals surface area contributed by atoms with Gasteiger partial charge in [0.25, 0.3) is 0 Å². The summed E-state index contributed by atoms with van der Waals surface area (Å²) in [6, 6.07) is 15.4. The van der Waals surface area contributed by atoms with Gasteiger partial charge in [-0.3, -0.25) is 4.79 Å². The molecule has 0 radical (unpaired) electrons. The molecule has 7 heteroatoms. The normalized spacial score (nSPS) is 19.1. The lowest BCUT2D eigenvalue weighted by molar-refractivity contribution is -0.152. The Morgan fingerprint density at radius 3 is 2.26 bits per heavy atom. The first-order chi connectivity index (χ1) is 16.7. The summed E-state index contributed by atoms with van der Waals surface area (Å²) in [5.74, 6) is -1.73. The second-order valence-corrected chi connectivity index (χ2v) is 10.2. The molecule has 2 aromatic rings. The highest BCUT2D eigenvalue weighted by molar-refractivity contribution is 5.87. The van der Waals surface area contributed by atoms with Gasteiger partial charge in [-0.15, -0.1) is 0 Å². The summed E-state index contributed by atoms with van der Waals surface area (Å²) in [5, 5.41) is 12.5. The Morgan fingerprint density at radius 1 is 1.09 bits per heavy atom. The number of rotatable bonds is 8. The first-order valence-electron chi connectivity index (χ1n) is 12.4. The van der Waals surface area contributed by atoms with Crippen molar-refractivity contribution in [1.29, 1.82) is 0 Å². The van der Waals surface area contributed by atoms with Crippen LogP contribution in [0, 0.1) is 11.3 Å². The second kappa shape index (κ2) is 10.1. The summed E-state index contributed by atoms with van der Waals surface area (Å²) in [4.78, 5) is 39.2. The molecule has 35 heavy (non-hydrogen) atoms. The average molecular weight is 479 g/mol. The molecule has 1 saturated heterocycles. The van der Waals surface area contributed by atoms with Crippen molar-refractivity contribution < 1.29 is 24.2 Å². The van der Waals surface area contributed by atoms with E-state index < -0.39 is 29.4 Å². The van der Waals surface area contributed by atoms with E-state index in [-0.39, 0.29) is 25.0 Å². The van der Waals surface area contributed by atoms with Crippen LogP contribution in [0.2, 0.25) is 0 Å². The smallest absolute Gasteiger partial charge is 0.407 e. The molecule has 1 fully saturated rings. The average Bonchev–Trinajstić information content (AvgIpc) is 3.33. The first-order valence-corrected chi connectivity index (χ1v) is 12.4. The van der Waals surface area contributed by atoms with Gasteiger partial charge in [-0.25, -0.2) is 9.59 Å². The van der Waals surface area contributed by atoms with Gasteiger partial charge in [0.2, 0.25) is 5.91 Å². The van der Waals surface area contributed by atoms with Gasteiger partial charge in [-0.2, -0.15) is 0 Å². The third-order valence-corrected chi connectivity index (χ3v) is 7.39. The third-order valence-electron chi connectivity index (χ3n) is 7.39. The van der Waals surface area contributed by atoms with E-state index in [4.69, 9.17) is 4.74 Å². The SMILES string of the molecule is CCCC(CNC(=O)OCC1c2ccccc2-c2ccccc21)C(=O)N1CCC(C)(C)C1C(=O)O. The Hall–Kier alpha value is -3.35. The van der Waals surface area contributed by atoms with Gasteiger partial charge in [0, 0.05) is 19.0 Å². The van der Waals surface area contributed by atoms with Crippen molar-refractivity contribution in [2.45, 2.75) is 52.0 Å². The molecular formula is C28H34N2O5. The molecule has 7 nitrogen and oxygen atoms in total. The molecule has 2 N–H and O–H groups in total. The van der Waals surface area contributed by atoms with Crippen LogP contribution < -0.4 is 5.32 Å². The number of alkyl carbamates (subject to hydrolysis) is 1. The van der Waals surface area contributed by atoms with Crippen molar-refractivity contribution in [2.24, 2.45) is 11.3 Å². The number of likely N-dealkylation sites (tertiary alicyclic amines) is 1. The minimum absolute atomic E-state index is 0.0376. The van der Waals surface area contributed by atoms with Gasteiger partial charge in [0.15, 0.2) is 0 Å². The van der Waals surface area contributed by atoms with Crippen molar-refractivity contribution in [3.05, 3.63) is 59.7 Å². The number of carbonyl (C=O) groups is 3. The van der Waals surface area contributed by atoms with Crippen molar-refractivity contribution in [1.82, 2.24) is 10.2 Å². The number of nitrogens with zero attached hydrogens (tertiary/aromatic N) is 1. The van der Waals surface area contributed by atoms with Crippen LogP contribution in [0.4, 0.5) is 4.79 Å². The lowest BCUT2D eigenvalue weighted by Crippen LogP contribution is -2.49. The Labute approximate surface area is 206 Å². The fourth-order valence-corrected chi connectivity index (χ4v) is 5.55. The Bertz CT molecular complexity index is 1070. The predicted octanol–water partition coefficient (Wildman–Crippen LogP) is 4.65. The summed E-state index contributed by atoms with van der Waals surface area (Å²) in [5.41, 5.74) is 4.10. The molecular weight excluding hydrogens is 444 g/mol. The second-order valence-electron chi connectivity index (χ2n) is 10.2. The van der Waals surface area contributed by atoms with E-state index >= 15 is 0 Å². The zero-order valence-corrected chi connectivity index (χ0v) is 20.6. The maximum absolute atomic E-state index is 13.3. The van der Waals surface area contributed by atoms with E-state index in [1.54, 1.807) is 0 Å². The minimum Gasteiger partial charge on any atom is -0.480 e. The molecule has 1 aliphatic heterocycles. The highest BCUT2D eigenvalue weighted by Crippen LogP contribution is 2.44.